The number of hydrogen-bond donors (Lipinski definition) is 3. The van der Waals surface area contributed by atoms with Gasteiger partial charge in [0.05, 0.1) is 0 Å². The van der Waals surface area contributed by atoms with E-state index in [0.29, 0.717) is 6.54 Å². The minimum absolute atomic E-state index is 0.256. The van der Waals surface area contributed by atoms with Crippen molar-refractivity contribution in [2.75, 3.05) is 18.6 Å². The molecular formula is C15H20N4O2S2. The molecule has 1 fully saturated rings. The number of imide groups is 1. The van der Waals surface area contributed by atoms with Crippen molar-refractivity contribution in [3.63, 3.8) is 0 Å². The van der Waals surface area contributed by atoms with E-state index in [1.807, 2.05) is 24.5 Å². The third-order valence-corrected chi connectivity index (χ3v) is 4.50. The number of carbonyl (C=O) groups excluding carboxylic acids is 2. The molecule has 1 atom stereocenters. The highest BCUT2D eigenvalue weighted by Crippen LogP contribution is 2.27. The van der Waals surface area contributed by atoms with Crippen molar-refractivity contribution < 1.29 is 9.59 Å². The minimum atomic E-state index is -1.10. The number of hydrogen-bond acceptors (Lipinski definition) is 4. The van der Waals surface area contributed by atoms with Gasteiger partial charge in [0.1, 0.15) is 5.54 Å². The van der Waals surface area contributed by atoms with Crippen LogP contribution in [0.25, 0.3) is 0 Å². The zero-order valence-corrected chi connectivity index (χ0v) is 14.7. The molecule has 0 saturated carbocycles. The topological polar surface area (TPSA) is 73.5 Å². The lowest BCUT2D eigenvalue weighted by Crippen LogP contribution is -2.51. The molecule has 124 valence electrons. The van der Waals surface area contributed by atoms with E-state index in [2.05, 4.69) is 16.1 Å². The van der Waals surface area contributed by atoms with Crippen molar-refractivity contribution in [2.24, 2.45) is 0 Å². The fourth-order valence-electron chi connectivity index (χ4n) is 2.27. The Balaban J connectivity index is 2.00. The molecule has 3 amide bonds. The van der Waals surface area contributed by atoms with Gasteiger partial charge in [-0.05, 0) is 43.1 Å². The minimum Gasteiger partial charge on any atom is -0.361 e. The second-order valence-corrected chi connectivity index (χ2v) is 6.67. The molecule has 1 aromatic rings. The van der Waals surface area contributed by atoms with Crippen LogP contribution in [0.4, 0.5) is 4.79 Å². The fourth-order valence-corrected chi connectivity index (χ4v) is 2.89. The average molecular weight is 352 g/mol. The molecule has 1 aliphatic heterocycles. The van der Waals surface area contributed by atoms with Gasteiger partial charge in [0, 0.05) is 6.54 Å². The van der Waals surface area contributed by atoms with E-state index in [9.17, 15) is 9.59 Å². The SMILES string of the molecule is CSCCCNC(=S)NN1C(=O)N[C@](C)(c2ccccc2)C1=O. The van der Waals surface area contributed by atoms with Gasteiger partial charge in [-0.25, -0.2) is 4.79 Å². The van der Waals surface area contributed by atoms with Gasteiger partial charge >= 0.3 is 6.03 Å². The van der Waals surface area contributed by atoms with Crippen molar-refractivity contribution in [3.05, 3.63) is 35.9 Å². The van der Waals surface area contributed by atoms with Gasteiger partial charge in [0.2, 0.25) is 0 Å². The molecule has 1 aliphatic rings. The van der Waals surface area contributed by atoms with Crippen LogP contribution in [0.2, 0.25) is 0 Å². The third kappa shape index (κ3) is 3.94. The number of thioether (sulfide) groups is 1. The Morgan fingerprint density at radius 3 is 2.70 bits per heavy atom. The van der Waals surface area contributed by atoms with E-state index in [-0.39, 0.29) is 11.0 Å². The van der Waals surface area contributed by atoms with Crippen LogP contribution in [-0.2, 0) is 10.3 Å². The Hall–Kier alpha value is -1.80. The number of thiocarbonyl (C=S) groups is 1. The quantitative estimate of drug-likeness (QED) is 0.410. The van der Waals surface area contributed by atoms with Crippen LogP contribution in [0.1, 0.15) is 18.9 Å². The van der Waals surface area contributed by atoms with Crippen LogP contribution in [0.15, 0.2) is 30.3 Å². The van der Waals surface area contributed by atoms with Crippen molar-refractivity contribution in [2.45, 2.75) is 18.9 Å². The first-order valence-electron chi connectivity index (χ1n) is 7.24. The monoisotopic (exact) mass is 352 g/mol. The summed E-state index contributed by atoms with van der Waals surface area (Å²) in [6, 6.07) is 8.61. The van der Waals surface area contributed by atoms with Gasteiger partial charge < -0.3 is 10.6 Å². The van der Waals surface area contributed by atoms with Crippen molar-refractivity contribution in [3.8, 4) is 0 Å². The summed E-state index contributed by atoms with van der Waals surface area (Å²) >= 11 is 6.89. The van der Waals surface area contributed by atoms with E-state index in [4.69, 9.17) is 12.2 Å². The highest BCUT2D eigenvalue weighted by molar-refractivity contribution is 7.98. The molecule has 3 N–H and O–H groups in total. The molecule has 1 saturated heterocycles. The summed E-state index contributed by atoms with van der Waals surface area (Å²) in [7, 11) is 0. The molecule has 0 radical (unpaired) electrons. The molecule has 2 rings (SSSR count). The van der Waals surface area contributed by atoms with Crippen LogP contribution in [-0.4, -0.2) is 40.6 Å². The predicted octanol–water partition coefficient (Wildman–Crippen LogP) is 1.59. The number of amides is 3. The molecular weight excluding hydrogens is 332 g/mol. The maximum Gasteiger partial charge on any atom is 0.344 e. The smallest absolute Gasteiger partial charge is 0.344 e. The Bertz CT molecular complexity index is 596. The van der Waals surface area contributed by atoms with Gasteiger partial charge in [-0.15, -0.1) is 0 Å². The average Bonchev–Trinajstić information content (AvgIpc) is 2.77. The van der Waals surface area contributed by atoms with E-state index in [1.54, 1.807) is 30.8 Å². The van der Waals surface area contributed by atoms with Crippen molar-refractivity contribution >= 4 is 41.0 Å². The Morgan fingerprint density at radius 2 is 2.04 bits per heavy atom. The summed E-state index contributed by atoms with van der Waals surface area (Å²) in [4.78, 5) is 24.8. The van der Waals surface area contributed by atoms with Gasteiger partial charge in [-0.1, -0.05) is 30.3 Å². The Kier molecular flexibility index (Phi) is 5.84. The number of nitrogens with zero attached hydrogens (tertiary/aromatic N) is 1. The molecule has 0 bridgehead atoms. The summed E-state index contributed by atoms with van der Waals surface area (Å²) in [6.45, 7) is 2.37. The predicted molar refractivity (Wildman–Crippen MR) is 95.9 cm³/mol. The Labute approximate surface area is 145 Å². The summed E-state index contributed by atoms with van der Waals surface area (Å²) in [5.41, 5.74) is 2.29. The molecule has 0 aliphatic carbocycles. The number of nitrogens with one attached hydrogen (secondary N) is 3. The lowest BCUT2D eigenvalue weighted by molar-refractivity contribution is -0.132. The highest BCUT2D eigenvalue weighted by Gasteiger charge is 2.49. The molecule has 0 aromatic heterocycles. The van der Waals surface area contributed by atoms with Crippen LogP contribution in [0.5, 0.6) is 0 Å². The number of carbonyl (C=O) groups is 2. The first-order valence-corrected chi connectivity index (χ1v) is 9.05. The van der Waals surface area contributed by atoms with E-state index >= 15 is 0 Å². The van der Waals surface area contributed by atoms with Crippen LogP contribution < -0.4 is 16.1 Å². The molecule has 1 aromatic carbocycles. The molecule has 0 unspecified atom stereocenters. The van der Waals surface area contributed by atoms with Gasteiger partial charge in [-0.2, -0.15) is 16.8 Å². The number of urea groups is 1. The first kappa shape index (κ1) is 17.6. The third-order valence-electron chi connectivity index (χ3n) is 3.57. The lowest BCUT2D eigenvalue weighted by atomic mass is 9.92. The van der Waals surface area contributed by atoms with E-state index in [1.165, 1.54) is 0 Å². The van der Waals surface area contributed by atoms with Crippen molar-refractivity contribution in [1.82, 2.24) is 21.1 Å². The largest absolute Gasteiger partial charge is 0.361 e. The maximum absolute atomic E-state index is 12.6. The van der Waals surface area contributed by atoms with Gasteiger partial charge in [-0.3, -0.25) is 10.2 Å². The van der Waals surface area contributed by atoms with Gasteiger partial charge in [0.25, 0.3) is 5.91 Å². The lowest BCUT2D eigenvalue weighted by Gasteiger charge is -2.22. The normalized spacial score (nSPS) is 20.3. The van der Waals surface area contributed by atoms with Gasteiger partial charge in [0.15, 0.2) is 5.11 Å². The summed E-state index contributed by atoms with van der Waals surface area (Å²) in [5, 5.41) is 6.88. The molecule has 1 heterocycles. The number of hydrazine groups is 1. The van der Waals surface area contributed by atoms with Crippen LogP contribution >= 0.6 is 24.0 Å². The zero-order chi connectivity index (χ0) is 16.9. The highest BCUT2D eigenvalue weighted by atomic mass is 32.2. The van der Waals surface area contributed by atoms with Crippen LogP contribution in [0.3, 0.4) is 0 Å². The van der Waals surface area contributed by atoms with Crippen LogP contribution in [0, 0.1) is 0 Å². The zero-order valence-electron chi connectivity index (χ0n) is 13.1. The summed E-state index contributed by atoms with van der Waals surface area (Å²) < 4.78 is 0. The standard InChI is InChI=1S/C15H20N4O2S2/c1-15(11-7-4-3-5-8-11)12(20)19(14(21)17-15)18-13(22)16-9-6-10-23-2/h3-5,7-8H,6,9-10H2,1-2H3,(H,17,21)(H2,16,18,22)/t15-/m1/s1. The van der Waals surface area contributed by atoms with Crippen molar-refractivity contribution in [1.29, 1.82) is 0 Å². The summed E-state index contributed by atoms with van der Waals surface area (Å²) in [6.07, 6.45) is 2.99. The summed E-state index contributed by atoms with van der Waals surface area (Å²) in [5.74, 6) is 0.632. The maximum atomic E-state index is 12.6. The molecule has 8 heteroatoms. The molecule has 6 nitrogen and oxygen atoms in total. The fraction of sp³-hybridized carbons (Fsp3) is 0.400. The first-order chi connectivity index (χ1) is 11.0. The second kappa shape index (κ2) is 7.65. The number of rotatable bonds is 6. The second-order valence-electron chi connectivity index (χ2n) is 5.28. The Morgan fingerprint density at radius 1 is 1.35 bits per heavy atom. The van der Waals surface area contributed by atoms with E-state index in [0.717, 1.165) is 22.7 Å². The molecule has 23 heavy (non-hydrogen) atoms. The van der Waals surface area contributed by atoms with E-state index < -0.39 is 11.6 Å². The number of benzene rings is 1. The molecule has 0 spiro atoms.